The molecule has 0 aliphatic rings. The van der Waals surface area contributed by atoms with Crippen LogP contribution in [-0.2, 0) is 19.1 Å². The molecule has 0 spiro atoms. The van der Waals surface area contributed by atoms with E-state index in [1.807, 2.05) is 0 Å². The number of carbonyl (C=O) groups excluding carboxylic acids is 2. The van der Waals surface area contributed by atoms with Crippen molar-refractivity contribution in [2.45, 2.75) is 38.5 Å². The first kappa shape index (κ1) is 18.0. The summed E-state index contributed by atoms with van der Waals surface area (Å²) < 4.78 is 48.1. The van der Waals surface area contributed by atoms with Gasteiger partial charge in [0.05, 0.1) is 6.61 Å². The second-order valence-corrected chi connectivity index (χ2v) is 4.48. The van der Waals surface area contributed by atoms with E-state index >= 15 is 0 Å². The van der Waals surface area contributed by atoms with Crippen LogP contribution in [0.15, 0.2) is 30.3 Å². The molecule has 0 bridgehead atoms. The van der Waals surface area contributed by atoms with Gasteiger partial charge in [0.25, 0.3) is 0 Å². The zero-order chi connectivity index (χ0) is 16.6. The first-order valence-corrected chi connectivity index (χ1v) is 6.81. The van der Waals surface area contributed by atoms with E-state index in [-0.39, 0.29) is 31.4 Å². The Bertz CT molecular complexity index is 485. The summed E-state index contributed by atoms with van der Waals surface area (Å²) in [6, 6.07) is 6.91. The first-order chi connectivity index (χ1) is 10.3. The highest BCUT2D eigenvalue weighted by Crippen LogP contribution is 2.36. The normalized spacial score (nSPS) is 12.5. The summed E-state index contributed by atoms with van der Waals surface area (Å²) >= 11 is 0. The van der Waals surface area contributed by atoms with Gasteiger partial charge in [-0.1, -0.05) is 30.3 Å². The van der Waals surface area contributed by atoms with Crippen LogP contribution >= 0.6 is 0 Å². The maximum absolute atomic E-state index is 13.0. The van der Waals surface area contributed by atoms with Crippen LogP contribution in [0.5, 0.6) is 0 Å². The first-order valence-electron chi connectivity index (χ1n) is 6.81. The third-order valence-corrected chi connectivity index (χ3v) is 2.72. The molecule has 7 heteroatoms. The fraction of sp³-hybridized carbons (Fsp3) is 0.467. The molecule has 0 N–H and O–H groups in total. The number of esters is 2. The average molecular weight is 318 g/mol. The number of hydrogen-bond donors (Lipinski definition) is 0. The van der Waals surface area contributed by atoms with Crippen LogP contribution in [0.3, 0.4) is 0 Å². The van der Waals surface area contributed by atoms with Crippen LogP contribution < -0.4 is 0 Å². The summed E-state index contributed by atoms with van der Waals surface area (Å²) in [6.07, 6.45) is -7.23. The largest absolute Gasteiger partial charge is 0.466 e. The molecule has 1 aromatic rings. The molecule has 0 amide bonds. The van der Waals surface area contributed by atoms with Crippen LogP contribution in [0, 0.1) is 0 Å². The molecule has 0 radical (unpaired) electrons. The van der Waals surface area contributed by atoms with Crippen molar-refractivity contribution < 1.29 is 32.2 Å². The summed E-state index contributed by atoms with van der Waals surface area (Å²) in [5.74, 6) is -1.50. The Labute approximate surface area is 126 Å². The third kappa shape index (κ3) is 6.15. The fourth-order valence-electron chi connectivity index (χ4n) is 1.75. The number of benzene rings is 1. The van der Waals surface area contributed by atoms with Gasteiger partial charge in [-0.2, -0.15) is 13.2 Å². The molecule has 122 valence electrons. The van der Waals surface area contributed by atoms with Crippen LogP contribution in [0.2, 0.25) is 0 Å². The molecule has 0 fully saturated rings. The van der Waals surface area contributed by atoms with Gasteiger partial charge in [0, 0.05) is 18.4 Å². The molecule has 4 nitrogen and oxygen atoms in total. The summed E-state index contributed by atoms with van der Waals surface area (Å²) in [7, 11) is 0. The Balaban J connectivity index is 2.56. The van der Waals surface area contributed by atoms with E-state index in [9.17, 15) is 22.8 Å². The highest BCUT2D eigenvalue weighted by atomic mass is 19.4. The highest BCUT2D eigenvalue weighted by molar-refractivity contribution is 5.72. The lowest BCUT2D eigenvalue weighted by Gasteiger charge is -2.21. The standard InChI is InChI=1S/C15H17F3O4/c1-2-21-12(19)9-6-10-13(20)22-14(15(16,17)18)11-7-4-3-5-8-11/h3-5,7-8,14H,2,6,9-10H2,1H3. The average Bonchev–Trinajstić information content (AvgIpc) is 2.45. The lowest BCUT2D eigenvalue weighted by molar-refractivity contribution is -0.224. The zero-order valence-electron chi connectivity index (χ0n) is 12.1. The van der Waals surface area contributed by atoms with E-state index in [1.165, 1.54) is 24.3 Å². The van der Waals surface area contributed by atoms with E-state index in [1.54, 1.807) is 13.0 Å². The maximum atomic E-state index is 13.0. The zero-order valence-corrected chi connectivity index (χ0v) is 12.1. The van der Waals surface area contributed by atoms with Crippen molar-refractivity contribution in [3.63, 3.8) is 0 Å². The van der Waals surface area contributed by atoms with Crippen LogP contribution in [0.25, 0.3) is 0 Å². The second-order valence-electron chi connectivity index (χ2n) is 4.48. The summed E-state index contributed by atoms with van der Waals surface area (Å²) in [5, 5.41) is 0. The minimum Gasteiger partial charge on any atom is -0.466 e. The van der Waals surface area contributed by atoms with Gasteiger partial charge in [-0.15, -0.1) is 0 Å². The summed E-state index contributed by atoms with van der Waals surface area (Å²) in [4.78, 5) is 22.6. The van der Waals surface area contributed by atoms with Crippen molar-refractivity contribution in [2.75, 3.05) is 6.61 Å². The minimum absolute atomic E-state index is 0.0367. The molecule has 0 aliphatic heterocycles. The van der Waals surface area contributed by atoms with E-state index in [2.05, 4.69) is 9.47 Å². The van der Waals surface area contributed by atoms with Crippen LogP contribution in [0.1, 0.15) is 37.9 Å². The minimum atomic E-state index is -4.70. The number of carbonyl (C=O) groups is 2. The maximum Gasteiger partial charge on any atom is 0.429 e. The molecule has 1 unspecified atom stereocenters. The highest BCUT2D eigenvalue weighted by Gasteiger charge is 2.43. The number of rotatable bonds is 7. The molecule has 1 aromatic carbocycles. The molecule has 1 atom stereocenters. The Hall–Kier alpha value is -2.05. The fourth-order valence-corrected chi connectivity index (χ4v) is 1.75. The predicted octanol–water partition coefficient (Wildman–Crippen LogP) is 3.57. The van der Waals surface area contributed by atoms with Gasteiger partial charge in [0.2, 0.25) is 6.10 Å². The second kappa shape index (κ2) is 8.41. The van der Waals surface area contributed by atoms with Gasteiger partial charge in [0.15, 0.2) is 0 Å². The van der Waals surface area contributed by atoms with Crippen molar-refractivity contribution in [1.82, 2.24) is 0 Å². The van der Waals surface area contributed by atoms with E-state index in [4.69, 9.17) is 0 Å². The van der Waals surface area contributed by atoms with Gasteiger partial charge >= 0.3 is 18.1 Å². The summed E-state index contributed by atoms with van der Waals surface area (Å²) in [5.41, 5.74) is -0.145. The Morgan fingerprint density at radius 3 is 2.23 bits per heavy atom. The number of ether oxygens (including phenoxy) is 2. The molecular formula is C15H17F3O4. The molecule has 0 aliphatic carbocycles. The van der Waals surface area contributed by atoms with Crippen molar-refractivity contribution in [3.05, 3.63) is 35.9 Å². The predicted molar refractivity (Wildman–Crippen MR) is 71.8 cm³/mol. The smallest absolute Gasteiger partial charge is 0.429 e. The van der Waals surface area contributed by atoms with Gasteiger partial charge in [-0.05, 0) is 13.3 Å². The van der Waals surface area contributed by atoms with Crippen molar-refractivity contribution in [2.24, 2.45) is 0 Å². The quantitative estimate of drug-likeness (QED) is 0.721. The monoisotopic (exact) mass is 318 g/mol. The molecular weight excluding hydrogens is 301 g/mol. The topological polar surface area (TPSA) is 52.6 Å². The lowest BCUT2D eigenvalue weighted by atomic mass is 10.1. The van der Waals surface area contributed by atoms with Gasteiger partial charge < -0.3 is 9.47 Å². The van der Waals surface area contributed by atoms with Crippen LogP contribution in [0.4, 0.5) is 13.2 Å². The van der Waals surface area contributed by atoms with Crippen molar-refractivity contribution >= 4 is 11.9 Å². The Kier molecular flexibility index (Phi) is 6.88. The van der Waals surface area contributed by atoms with Gasteiger partial charge in [-0.3, -0.25) is 9.59 Å². The Morgan fingerprint density at radius 2 is 1.68 bits per heavy atom. The number of halogens is 3. The van der Waals surface area contributed by atoms with Crippen molar-refractivity contribution in [1.29, 1.82) is 0 Å². The van der Waals surface area contributed by atoms with Crippen LogP contribution in [-0.4, -0.2) is 24.7 Å². The molecule has 0 aromatic heterocycles. The Morgan fingerprint density at radius 1 is 1.09 bits per heavy atom. The lowest BCUT2D eigenvalue weighted by Crippen LogP contribution is -2.26. The summed E-state index contributed by atoms with van der Waals surface area (Å²) in [6.45, 7) is 1.85. The van der Waals surface area contributed by atoms with E-state index in [0.717, 1.165) is 0 Å². The number of hydrogen-bond acceptors (Lipinski definition) is 4. The van der Waals surface area contributed by atoms with Crippen molar-refractivity contribution in [3.8, 4) is 0 Å². The SMILES string of the molecule is CCOC(=O)CCCC(=O)OC(c1ccccc1)C(F)(F)F. The molecule has 0 heterocycles. The van der Waals surface area contributed by atoms with E-state index < -0.39 is 24.2 Å². The molecule has 0 saturated heterocycles. The molecule has 0 saturated carbocycles. The third-order valence-electron chi connectivity index (χ3n) is 2.72. The molecule has 1 rings (SSSR count). The van der Waals surface area contributed by atoms with Gasteiger partial charge in [0.1, 0.15) is 0 Å². The number of alkyl halides is 3. The molecule has 22 heavy (non-hydrogen) atoms. The van der Waals surface area contributed by atoms with Gasteiger partial charge in [-0.25, -0.2) is 0 Å². The van der Waals surface area contributed by atoms with E-state index in [0.29, 0.717) is 0 Å².